The zero-order chi connectivity index (χ0) is 23.3. The van der Waals surface area contributed by atoms with Gasteiger partial charge in [-0.05, 0) is 48.0 Å². The SMILES string of the molecule is CCOc1cc(/C=C2/SC(=O)N(Cc3ccc([N+](=O)[O-])cc3)C2=O)ccc1OCC(=O)O. The first-order valence-electron chi connectivity index (χ1n) is 9.38. The van der Waals surface area contributed by atoms with Crippen molar-refractivity contribution in [1.82, 2.24) is 4.90 Å². The highest BCUT2D eigenvalue weighted by molar-refractivity contribution is 8.18. The van der Waals surface area contributed by atoms with Crippen molar-refractivity contribution in [3.05, 3.63) is 68.6 Å². The van der Waals surface area contributed by atoms with E-state index >= 15 is 0 Å². The lowest BCUT2D eigenvalue weighted by Crippen LogP contribution is -2.27. The molecule has 32 heavy (non-hydrogen) atoms. The number of hydrogen-bond donors (Lipinski definition) is 1. The molecular formula is C21H18N2O8S. The van der Waals surface area contributed by atoms with Gasteiger partial charge in [0.1, 0.15) is 0 Å². The monoisotopic (exact) mass is 458 g/mol. The van der Waals surface area contributed by atoms with Crippen LogP contribution in [0.5, 0.6) is 11.5 Å². The Kier molecular flexibility index (Phi) is 7.11. The van der Waals surface area contributed by atoms with Gasteiger partial charge >= 0.3 is 5.97 Å². The van der Waals surface area contributed by atoms with Gasteiger partial charge in [0.25, 0.3) is 16.8 Å². The van der Waals surface area contributed by atoms with E-state index in [4.69, 9.17) is 14.6 Å². The zero-order valence-electron chi connectivity index (χ0n) is 16.8. The summed E-state index contributed by atoms with van der Waals surface area (Å²) in [6.07, 6.45) is 1.53. The molecule has 3 rings (SSSR count). The Bertz CT molecular complexity index is 1100. The van der Waals surface area contributed by atoms with E-state index in [0.717, 1.165) is 16.7 Å². The molecule has 0 saturated carbocycles. The molecule has 1 heterocycles. The fourth-order valence-electron chi connectivity index (χ4n) is 2.83. The molecule has 1 fully saturated rings. The lowest BCUT2D eigenvalue weighted by atomic mass is 10.1. The van der Waals surface area contributed by atoms with Gasteiger partial charge < -0.3 is 14.6 Å². The molecule has 1 saturated heterocycles. The van der Waals surface area contributed by atoms with Crippen LogP contribution in [-0.2, 0) is 16.1 Å². The molecule has 166 valence electrons. The quantitative estimate of drug-likeness (QED) is 0.339. The van der Waals surface area contributed by atoms with Crippen LogP contribution in [0.15, 0.2) is 47.4 Å². The highest BCUT2D eigenvalue weighted by atomic mass is 32.2. The number of imide groups is 1. The minimum absolute atomic E-state index is 0.00777. The van der Waals surface area contributed by atoms with Crippen LogP contribution in [0.1, 0.15) is 18.1 Å². The third-order valence-corrected chi connectivity index (χ3v) is 5.19. The normalized spacial score (nSPS) is 14.7. The summed E-state index contributed by atoms with van der Waals surface area (Å²) in [6, 6.07) is 10.3. The highest BCUT2D eigenvalue weighted by Gasteiger charge is 2.35. The Morgan fingerprint density at radius 1 is 1.16 bits per heavy atom. The minimum atomic E-state index is -1.13. The molecule has 0 atom stereocenters. The number of carboxylic acids is 1. The van der Waals surface area contributed by atoms with Gasteiger partial charge in [-0.25, -0.2) is 4.79 Å². The smallest absolute Gasteiger partial charge is 0.341 e. The molecule has 0 spiro atoms. The summed E-state index contributed by atoms with van der Waals surface area (Å²) in [6.45, 7) is 1.54. The van der Waals surface area contributed by atoms with Crippen molar-refractivity contribution >= 4 is 40.6 Å². The molecule has 11 heteroatoms. The molecule has 10 nitrogen and oxygen atoms in total. The summed E-state index contributed by atoms with van der Waals surface area (Å²) in [5.74, 6) is -1.05. The molecule has 0 unspecified atom stereocenters. The lowest BCUT2D eigenvalue weighted by molar-refractivity contribution is -0.384. The van der Waals surface area contributed by atoms with E-state index in [0.29, 0.717) is 23.5 Å². The number of carbonyl (C=O) groups is 3. The van der Waals surface area contributed by atoms with Crippen LogP contribution in [-0.4, -0.2) is 45.3 Å². The van der Waals surface area contributed by atoms with Crippen LogP contribution in [0, 0.1) is 10.1 Å². The number of thioether (sulfide) groups is 1. The minimum Gasteiger partial charge on any atom is -0.490 e. The summed E-state index contributed by atoms with van der Waals surface area (Å²) in [5, 5.41) is 19.1. The van der Waals surface area contributed by atoms with E-state index in [2.05, 4.69) is 0 Å². The first-order chi connectivity index (χ1) is 15.3. The van der Waals surface area contributed by atoms with Crippen molar-refractivity contribution in [3.8, 4) is 11.5 Å². The third-order valence-electron chi connectivity index (χ3n) is 4.28. The first kappa shape index (κ1) is 22.8. The second-order valence-corrected chi connectivity index (χ2v) is 7.51. The van der Waals surface area contributed by atoms with Crippen molar-refractivity contribution in [3.63, 3.8) is 0 Å². The number of non-ortho nitro benzene ring substituents is 1. The van der Waals surface area contributed by atoms with Gasteiger partial charge in [0.05, 0.1) is 23.0 Å². The Morgan fingerprint density at radius 3 is 2.50 bits per heavy atom. The average Bonchev–Trinajstić information content (AvgIpc) is 3.01. The molecular weight excluding hydrogens is 440 g/mol. The molecule has 0 radical (unpaired) electrons. The first-order valence-corrected chi connectivity index (χ1v) is 10.2. The topological polar surface area (TPSA) is 136 Å². The Hall–Kier alpha value is -3.86. The molecule has 2 aromatic carbocycles. The van der Waals surface area contributed by atoms with Crippen molar-refractivity contribution in [2.45, 2.75) is 13.5 Å². The number of rotatable bonds is 9. The van der Waals surface area contributed by atoms with Crippen LogP contribution >= 0.6 is 11.8 Å². The summed E-state index contributed by atoms with van der Waals surface area (Å²) >= 11 is 0.782. The number of aliphatic carboxylic acids is 1. The van der Waals surface area contributed by atoms with Gasteiger partial charge in [0.15, 0.2) is 18.1 Å². The fraction of sp³-hybridized carbons (Fsp3) is 0.190. The standard InChI is InChI=1S/C21H18N2O8S/c1-2-30-17-9-14(5-8-16(17)31-12-19(24)25)10-18-20(26)22(21(27)32-18)11-13-3-6-15(7-4-13)23(28)29/h3-10H,2,11-12H2,1H3,(H,24,25)/b18-10+. The summed E-state index contributed by atoms with van der Waals surface area (Å²) in [4.78, 5) is 47.3. The predicted molar refractivity (Wildman–Crippen MR) is 115 cm³/mol. The summed E-state index contributed by atoms with van der Waals surface area (Å²) in [5.41, 5.74) is 1.07. The van der Waals surface area contributed by atoms with Crippen molar-refractivity contribution < 1.29 is 33.9 Å². The van der Waals surface area contributed by atoms with E-state index in [1.165, 1.54) is 36.4 Å². The molecule has 0 bridgehead atoms. The van der Waals surface area contributed by atoms with Crippen LogP contribution < -0.4 is 9.47 Å². The number of nitro groups is 1. The summed E-state index contributed by atoms with van der Waals surface area (Å²) < 4.78 is 10.7. The van der Waals surface area contributed by atoms with E-state index in [-0.39, 0.29) is 22.9 Å². The average molecular weight is 458 g/mol. The van der Waals surface area contributed by atoms with Crippen LogP contribution in [0.25, 0.3) is 6.08 Å². The summed E-state index contributed by atoms with van der Waals surface area (Å²) in [7, 11) is 0. The van der Waals surface area contributed by atoms with E-state index in [1.807, 2.05) is 0 Å². The van der Waals surface area contributed by atoms with Gasteiger partial charge in [-0.3, -0.25) is 24.6 Å². The van der Waals surface area contributed by atoms with Crippen LogP contribution in [0.3, 0.4) is 0 Å². The maximum atomic E-state index is 12.7. The lowest BCUT2D eigenvalue weighted by Gasteiger charge is -2.12. The number of benzene rings is 2. The number of ether oxygens (including phenoxy) is 2. The number of nitrogens with zero attached hydrogens (tertiary/aromatic N) is 2. The Morgan fingerprint density at radius 2 is 1.88 bits per heavy atom. The van der Waals surface area contributed by atoms with Gasteiger partial charge in [-0.2, -0.15) is 0 Å². The maximum Gasteiger partial charge on any atom is 0.341 e. The highest BCUT2D eigenvalue weighted by Crippen LogP contribution is 2.35. The third kappa shape index (κ3) is 5.43. The number of amides is 2. The second kappa shape index (κ2) is 9.96. The van der Waals surface area contributed by atoms with Gasteiger partial charge in [0.2, 0.25) is 0 Å². The van der Waals surface area contributed by atoms with E-state index in [9.17, 15) is 24.5 Å². The molecule has 0 aromatic heterocycles. The van der Waals surface area contributed by atoms with Crippen LogP contribution in [0.2, 0.25) is 0 Å². The fourth-order valence-corrected chi connectivity index (χ4v) is 3.67. The maximum absolute atomic E-state index is 12.7. The van der Waals surface area contributed by atoms with Crippen molar-refractivity contribution in [1.29, 1.82) is 0 Å². The molecule has 0 aliphatic carbocycles. The Balaban J connectivity index is 1.78. The van der Waals surface area contributed by atoms with Crippen LogP contribution in [0.4, 0.5) is 10.5 Å². The second-order valence-electron chi connectivity index (χ2n) is 6.51. The van der Waals surface area contributed by atoms with E-state index < -0.39 is 28.6 Å². The number of nitro benzene ring substituents is 1. The number of hydrogen-bond acceptors (Lipinski definition) is 8. The number of carbonyl (C=O) groups excluding carboxylic acids is 2. The van der Waals surface area contributed by atoms with Gasteiger partial charge in [0, 0.05) is 12.1 Å². The van der Waals surface area contributed by atoms with Gasteiger partial charge in [-0.1, -0.05) is 18.2 Å². The van der Waals surface area contributed by atoms with E-state index in [1.54, 1.807) is 19.1 Å². The molecule has 1 N–H and O–H groups in total. The molecule has 2 aromatic rings. The molecule has 1 aliphatic rings. The number of carboxylic acid groups (broad SMARTS) is 1. The van der Waals surface area contributed by atoms with Gasteiger partial charge in [-0.15, -0.1) is 0 Å². The Labute approximate surface area is 186 Å². The largest absolute Gasteiger partial charge is 0.490 e. The van der Waals surface area contributed by atoms with Crippen molar-refractivity contribution in [2.24, 2.45) is 0 Å². The molecule has 1 aliphatic heterocycles. The molecule has 2 amide bonds. The predicted octanol–water partition coefficient (Wildman–Crippen LogP) is 3.69. The zero-order valence-corrected chi connectivity index (χ0v) is 17.7. The van der Waals surface area contributed by atoms with Crippen molar-refractivity contribution in [2.75, 3.05) is 13.2 Å².